The molecule has 0 aliphatic carbocycles. The van der Waals surface area contributed by atoms with Gasteiger partial charge in [-0.05, 0) is 45.8 Å². The van der Waals surface area contributed by atoms with Crippen LogP contribution in [-0.2, 0) is 9.59 Å². The Labute approximate surface area is 241 Å². The molecule has 0 aliphatic rings. The molecule has 0 saturated carbocycles. The fourth-order valence-corrected chi connectivity index (χ4v) is 6.02. The summed E-state index contributed by atoms with van der Waals surface area (Å²) in [6, 6.07) is 6.30. The second kappa shape index (κ2) is 12.2. The summed E-state index contributed by atoms with van der Waals surface area (Å²) in [5, 5.41) is 1.33. The zero-order valence-corrected chi connectivity index (χ0v) is 24.6. The topological polar surface area (TPSA) is 115 Å². The van der Waals surface area contributed by atoms with Crippen LogP contribution in [0.3, 0.4) is 0 Å². The average Bonchev–Trinajstić information content (AvgIpc) is 3.61. The average molecular weight is 633 g/mol. The summed E-state index contributed by atoms with van der Waals surface area (Å²) in [6.45, 7) is 5.39. The Morgan fingerprint density at radius 3 is 2.53 bits per heavy atom. The van der Waals surface area contributed by atoms with E-state index in [9.17, 15) is 9.59 Å². The summed E-state index contributed by atoms with van der Waals surface area (Å²) < 4.78 is 6.39. The van der Waals surface area contributed by atoms with Gasteiger partial charge in [-0.15, -0.1) is 11.3 Å². The van der Waals surface area contributed by atoms with Crippen LogP contribution in [0.15, 0.2) is 47.3 Å². The first kappa shape index (κ1) is 27.9. The molecule has 1 aromatic carbocycles. The maximum absolute atomic E-state index is 12.7. The minimum Gasteiger partial charge on any atom is -0.440 e. The van der Waals surface area contributed by atoms with Crippen LogP contribution in [0, 0.1) is 0 Å². The molecule has 0 bridgehead atoms. The highest BCUT2D eigenvalue weighted by Gasteiger charge is 2.33. The number of hydrogen-bond donors (Lipinski definition) is 1. The van der Waals surface area contributed by atoms with Crippen LogP contribution >= 0.6 is 50.2 Å². The zero-order chi connectivity index (χ0) is 27.4. The number of benzene rings is 1. The van der Waals surface area contributed by atoms with Gasteiger partial charge in [0.1, 0.15) is 10.8 Å². The molecule has 0 spiro atoms. The van der Waals surface area contributed by atoms with Crippen LogP contribution in [0.1, 0.15) is 64.7 Å². The highest BCUT2D eigenvalue weighted by atomic mass is 79.9. The second-order valence-corrected chi connectivity index (χ2v) is 11.9. The molecule has 0 fully saturated rings. The summed E-state index contributed by atoms with van der Waals surface area (Å²) in [6.07, 6.45) is 10.5. The number of hydrogen-bond acceptors (Lipinski definition) is 8. The number of rotatable bonds is 9. The number of aromatic nitrogens is 3. The Bertz CT molecular complexity index is 1520. The van der Waals surface area contributed by atoms with E-state index < -0.39 is 11.9 Å². The third-order valence-electron chi connectivity index (χ3n) is 5.21. The number of oxazole rings is 1. The molecule has 3 heterocycles. The molecule has 3 aromatic heterocycles. The van der Waals surface area contributed by atoms with Gasteiger partial charge in [0.15, 0.2) is 11.2 Å². The summed E-state index contributed by atoms with van der Waals surface area (Å²) in [7, 11) is 0. The number of amides is 2. The molecule has 1 atom stereocenters. The Morgan fingerprint density at radius 2 is 1.87 bits per heavy atom. The fraction of sp³-hybridized carbons (Fsp3) is 0.192. The second-order valence-electron chi connectivity index (χ2n) is 8.44. The molecule has 38 heavy (non-hydrogen) atoms. The van der Waals surface area contributed by atoms with Crippen molar-refractivity contribution < 1.29 is 14.0 Å². The van der Waals surface area contributed by atoms with E-state index in [1.54, 1.807) is 30.7 Å². The first-order chi connectivity index (χ1) is 18.1. The molecule has 12 heteroatoms. The number of nitrogens with zero attached hydrogens (tertiary/aromatic N) is 4. The van der Waals surface area contributed by atoms with Crippen molar-refractivity contribution in [3.05, 3.63) is 79.9 Å². The largest absolute Gasteiger partial charge is 0.440 e. The van der Waals surface area contributed by atoms with Crippen LogP contribution in [0.2, 0.25) is 5.02 Å². The quantitative estimate of drug-likeness (QED) is 0.212. The molecule has 0 radical (unpaired) electrons. The predicted molar refractivity (Wildman–Crippen MR) is 157 cm³/mol. The van der Waals surface area contributed by atoms with E-state index in [2.05, 4.69) is 30.9 Å². The summed E-state index contributed by atoms with van der Waals surface area (Å²) in [5.41, 5.74) is 6.69. The molecule has 8 nitrogen and oxygen atoms in total. The number of anilines is 1. The number of carbonyl (C=O) groups is 2. The molecule has 0 aliphatic heterocycles. The predicted octanol–water partition coefficient (Wildman–Crippen LogP) is 7.01. The van der Waals surface area contributed by atoms with E-state index in [-0.39, 0.29) is 11.8 Å². The Kier molecular flexibility index (Phi) is 8.93. The first-order valence-corrected chi connectivity index (χ1v) is 14.2. The van der Waals surface area contributed by atoms with Crippen LogP contribution in [0.5, 0.6) is 0 Å². The van der Waals surface area contributed by atoms with Gasteiger partial charge in [0.05, 0.1) is 10.7 Å². The first-order valence-electron chi connectivity index (χ1n) is 11.4. The van der Waals surface area contributed by atoms with Gasteiger partial charge >= 0.3 is 0 Å². The molecule has 0 saturated heterocycles. The van der Waals surface area contributed by atoms with E-state index in [0.717, 1.165) is 21.1 Å². The van der Waals surface area contributed by atoms with Gasteiger partial charge in [0.2, 0.25) is 17.7 Å². The smallest absolute Gasteiger partial charge is 0.247 e. The van der Waals surface area contributed by atoms with Crippen LogP contribution < -0.4 is 10.6 Å². The Balaban J connectivity index is 1.59. The highest BCUT2D eigenvalue weighted by Crippen LogP contribution is 2.35. The maximum atomic E-state index is 12.7. The van der Waals surface area contributed by atoms with Crippen molar-refractivity contribution in [2.24, 2.45) is 5.73 Å². The number of primary amides is 1. The van der Waals surface area contributed by atoms with Gasteiger partial charge in [0.25, 0.3) is 0 Å². The van der Waals surface area contributed by atoms with E-state index in [0.29, 0.717) is 25.5 Å². The van der Waals surface area contributed by atoms with Gasteiger partial charge in [-0.25, -0.2) is 15.0 Å². The van der Waals surface area contributed by atoms with Crippen molar-refractivity contribution in [3.63, 3.8) is 0 Å². The summed E-state index contributed by atoms with van der Waals surface area (Å²) >= 11 is 12.0. The lowest BCUT2D eigenvalue weighted by molar-refractivity contribution is -0.123. The fourth-order valence-electron chi connectivity index (χ4n) is 3.38. The van der Waals surface area contributed by atoms with Crippen LogP contribution in [-0.4, -0.2) is 26.8 Å². The normalized spacial score (nSPS) is 12.8. The van der Waals surface area contributed by atoms with E-state index >= 15 is 0 Å². The molecule has 2 amide bonds. The number of thiazole rings is 2. The third kappa shape index (κ3) is 6.65. The molecule has 1 unspecified atom stereocenters. The van der Waals surface area contributed by atoms with Gasteiger partial charge < -0.3 is 10.2 Å². The van der Waals surface area contributed by atoms with Crippen molar-refractivity contribution in [1.82, 2.24) is 15.0 Å². The number of nitrogens with two attached hydrogens (primary N) is 1. The lowest BCUT2D eigenvalue weighted by Crippen LogP contribution is -2.40. The van der Waals surface area contributed by atoms with Crippen molar-refractivity contribution in [2.75, 3.05) is 4.90 Å². The van der Waals surface area contributed by atoms with Crippen molar-refractivity contribution in [2.45, 2.75) is 32.7 Å². The monoisotopic (exact) mass is 631 g/mol. The standard InChI is InChI=1S/C26H23BrClN5O3S2/c1-14(2)21-13-30-24(36-21)20(27)10-19-12-31-25(37-19)22(23(29)35)33(15(3)34)26-32-11-18(38-26)8-7-16-5-4-6-17(28)9-16/h4-14,22H,1-3H3,(H2,29,35)/b8-7+,20-10+. The van der Waals surface area contributed by atoms with E-state index in [4.69, 9.17) is 21.8 Å². The van der Waals surface area contributed by atoms with Crippen LogP contribution in [0.4, 0.5) is 5.13 Å². The Morgan fingerprint density at radius 1 is 1.11 bits per heavy atom. The van der Waals surface area contributed by atoms with E-state index in [1.807, 2.05) is 44.2 Å². The number of carbonyl (C=O) groups excluding carboxylic acids is 2. The SMILES string of the molecule is CC(=O)N(c1ncc(/C=C/c2cccc(Cl)c2)s1)C(C(N)=O)c1ncc(/C=C(/Br)c2ncc(C(C)C)o2)s1. The minimum absolute atomic E-state index is 0.208. The van der Waals surface area contributed by atoms with Crippen molar-refractivity contribution >= 4 is 89.9 Å². The molecule has 4 rings (SSSR count). The molecular weight excluding hydrogens is 610 g/mol. The maximum Gasteiger partial charge on any atom is 0.247 e. The molecule has 2 N–H and O–H groups in total. The minimum atomic E-state index is -1.12. The van der Waals surface area contributed by atoms with Crippen LogP contribution in [0.25, 0.3) is 22.7 Å². The summed E-state index contributed by atoms with van der Waals surface area (Å²) in [5.74, 6) is 0.305. The third-order valence-corrected chi connectivity index (χ3v) is 7.98. The van der Waals surface area contributed by atoms with Gasteiger partial charge in [-0.2, -0.15) is 0 Å². The van der Waals surface area contributed by atoms with Crippen molar-refractivity contribution in [3.8, 4) is 0 Å². The molecule has 196 valence electrons. The van der Waals surface area contributed by atoms with Crippen molar-refractivity contribution in [1.29, 1.82) is 0 Å². The lowest BCUT2D eigenvalue weighted by Gasteiger charge is -2.24. The van der Waals surface area contributed by atoms with Gasteiger partial charge in [-0.1, -0.05) is 55.0 Å². The molecule has 4 aromatic rings. The number of halogens is 2. The summed E-state index contributed by atoms with van der Waals surface area (Å²) in [4.78, 5) is 41.1. The zero-order valence-electron chi connectivity index (χ0n) is 20.6. The highest BCUT2D eigenvalue weighted by molar-refractivity contribution is 9.15. The van der Waals surface area contributed by atoms with E-state index in [1.165, 1.54) is 34.5 Å². The lowest BCUT2D eigenvalue weighted by atomic mass is 10.2. The Hall–Kier alpha value is -3.12. The van der Waals surface area contributed by atoms with Gasteiger partial charge in [-0.3, -0.25) is 14.5 Å². The van der Waals surface area contributed by atoms with Gasteiger partial charge in [0, 0.05) is 40.0 Å². The molecular formula is C26H23BrClN5O3S2.